The van der Waals surface area contributed by atoms with Crippen LogP contribution < -0.4 is 0 Å². The van der Waals surface area contributed by atoms with Gasteiger partial charge in [-0.05, 0) is 67.9 Å². The van der Waals surface area contributed by atoms with Crippen LogP contribution >= 0.6 is 0 Å². The van der Waals surface area contributed by atoms with Crippen LogP contribution in [-0.4, -0.2) is 43.7 Å². The van der Waals surface area contributed by atoms with Crippen molar-refractivity contribution in [3.8, 4) is 0 Å². The van der Waals surface area contributed by atoms with Gasteiger partial charge in [0.25, 0.3) is 0 Å². The lowest BCUT2D eigenvalue weighted by Gasteiger charge is -2.32. The topological polar surface area (TPSA) is 57.7 Å². The van der Waals surface area contributed by atoms with Crippen molar-refractivity contribution >= 4 is 15.9 Å². The lowest BCUT2D eigenvalue weighted by Crippen LogP contribution is -2.43. The first-order chi connectivity index (χ1) is 14.3. The summed E-state index contributed by atoms with van der Waals surface area (Å²) in [6.07, 6.45) is 4.24. The van der Waals surface area contributed by atoms with Gasteiger partial charge in [-0.25, -0.2) is 8.42 Å². The maximum atomic E-state index is 13.1. The first-order valence-electron chi connectivity index (χ1n) is 10.8. The highest BCUT2D eigenvalue weighted by Gasteiger charge is 2.33. The fourth-order valence-electron chi connectivity index (χ4n) is 4.56. The van der Waals surface area contributed by atoms with E-state index in [1.54, 1.807) is 15.3 Å². The molecule has 0 atom stereocenters. The van der Waals surface area contributed by atoms with E-state index in [1.807, 2.05) is 38.2 Å². The second kappa shape index (κ2) is 8.52. The van der Waals surface area contributed by atoms with Crippen molar-refractivity contribution in [2.45, 2.75) is 50.5 Å². The summed E-state index contributed by atoms with van der Waals surface area (Å²) in [5.41, 5.74) is 4.74. The second-order valence-corrected chi connectivity index (χ2v) is 10.6. The third-order valence-corrected chi connectivity index (χ3v) is 8.32. The Balaban J connectivity index is 1.37. The van der Waals surface area contributed by atoms with E-state index in [4.69, 9.17) is 0 Å². The summed E-state index contributed by atoms with van der Waals surface area (Å²) in [6, 6.07) is 13.8. The zero-order chi connectivity index (χ0) is 21.3. The molecule has 1 heterocycles. The number of sulfonamides is 1. The summed E-state index contributed by atoms with van der Waals surface area (Å²) in [6.45, 7) is 3.42. The van der Waals surface area contributed by atoms with E-state index in [0.717, 1.165) is 24.8 Å². The fourth-order valence-corrected chi connectivity index (χ4v) is 6.08. The minimum absolute atomic E-state index is 0.102. The van der Waals surface area contributed by atoms with E-state index in [9.17, 15) is 13.2 Å². The lowest BCUT2D eigenvalue weighted by atomic mass is 9.96. The number of benzene rings is 2. The van der Waals surface area contributed by atoms with E-state index in [0.29, 0.717) is 37.4 Å². The van der Waals surface area contributed by atoms with Gasteiger partial charge in [-0.3, -0.25) is 4.79 Å². The van der Waals surface area contributed by atoms with E-state index < -0.39 is 10.0 Å². The average Bonchev–Trinajstić information content (AvgIpc) is 3.23. The van der Waals surface area contributed by atoms with E-state index in [-0.39, 0.29) is 11.8 Å². The van der Waals surface area contributed by atoms with Crippen LogP contribution in [0, 0.1) is 12.8 Å². The number of hydrogen-bond acceptors (Lipinski definition) is 3. The SMILES string of the molecule is Cc1ccc(CN(C)C(=O)C2CCN(S(=O)(=O)c3ccc4c(c3)CCC4)CC2)cc1. The molecule has 30 heavy (non-hydrogen) atoms. The van der Waals surface area contributed by atoms with Crippen LogP contribution in [0.3, 0.4) is 0 Å². The highest BCUT2D eigenvalue weighted by Crippen LogP contribution is 2.29. The van der Waals surface area contributed by atoms with Crippen LogP contribution in [0.15, 0.2) is 47.4 Å². The minimum Gasteiger partial charge on any atom is -0.341 e. The quantitative estimate of drug-likeness (QED) is 0.735. The third-order valence-electron chi connectivity index (χ3n) is 6.43. The van der Waals surface area contributed by atoms with Gasteiger partial charge in [0.05, 0.1) is 4.90 Å². The van der Waals surface area contributed by atoms with Gasteiger partial charge in [0.15, 0.2) is 0 Å². The molecule has 0 saturated carbocycles. The van der Waals surface area contributed by atoms with Crippen molar-refractivity contribution in [1.29, 1.82) is 0 Å². The average molecular weight is 427 g/mol. The Morgan fingerprint density at radius 2 is 1.70 bits per heavy atom. The van der Waals surface area contributed by atoms with Gasteiger partial charge < -0.3 is 4.90 Å². The Labute approximate surface area is 179 Å². The van der Waals surface area contributed by atoms with E-state index >= 15 is 0 Å². The van der Waals surface area contributed by atoms with Crippen molar-refractivity contribution in [1.82, 2.24) is 9.21 Å². The highest BCUT2D eigenvalue weighted by molar-refractivity contribution is 7.89. The lowest BCUT2D eigenvalue weighted by molar-refractivity contribution is -0.135. The van der Waals surface area contributed by atoms with Crippen LogP contribution in [0.4, 0.5) is 0 Å². The predicted octanol–water partition coefficient (Wildman–Crippen LogP) is 3.54. The number of aryl methyl sites for hydroxylation is 3. The van der Waals surface area contributed by atoms with Gasteiger partial charge in [-0.2, -0.15) is 4.31 Å². The molecule has 5 nitrogen and oxygen atoms in total. The van der Waals surface area contributed by atoms with Crippen LogP contribution in [0.5, 0.6) is 0 Å². The maximum Gasteiger partial charge on any atom is 0.243 e. The Morgan fingerprint density at radius 3 is 2.40 bits per heavy atom. The van der Waals surface area contributed by atoms with Crippen LogP contribution in [-0.2, 0) is 34.2 Å². The van der Waals surface area contributed by atoms with E-state index in [1.165, 1.54) is 16.7 Å². The second-order valence-electron chi connectivity index (χ2n) is 8.64. The molecule has 6 heteroatoms. The van der Waals surface area contributed by atoms with E-state index in [2.05, 4.69) is 12.1 Å². The largest absolute Gasteiger partial charge is 0.341 e. The number of piperidine rings is 1. The van der Waals surface area contributed by atoms with Crippen molar-refractivity contribution in [3.63, 3.8) is 0 Å². The number of amides is 1. The number of rotatable bonds is 5. The monoisotopic (exact) mass is 426 g/mol. The van der Waals surface area contributed by atoms with Gasteiger partial charge in [-0.15, -0.1) is 0 Å². The summed E-state index contributed by atoms with van der Waals surface area (Å²) < 4.78 is 27.7. The summed E-state index contributed by atoms with van der Waals surface area (Å²) in [5, 5.41) is 0. The first-order valence-corrected chi connectivity index (χ1v) is 12.2. The number of nitrogens with zero attached hydrogens (tertiary/aromatic N) is 2. The van der Waals surface area contributed by atoms with Gasteiger partial charge in [0, 0.05) is 32.6 Å². The Morgan fingerprint density at radius 1 is 1.03 bits per heavy atom. The molecular weight excluding hydrogens is 396 g/mol. The van der Waals surface area contributed by atoms with Crippen LogP contribution in [0.1, 0.15) is 41.5 Å². The molecule has 0 bridgehead atoms. The molecule has 0 radical (unpaired) electrons. The number of fused-ring (bicyclic) bond motifs is 1. The van der Waals surface area contributed by atoms with Gasteiger partial charge >= 0.3 is 0 Å². The Bertz CT molecular complexity index is 1020. The molecule has 160 valence electrons. The molecule has 2 aliphatic rings. The molecule has 1 amide bonds. The summed E-state index contributed by atoms with van der Waals surface area (Å²) in [7, 11) is -1.67. The molecular formula is C24H30N2O3S. The fraction of sp³-hybridized carbons (Fsp3) is 0.458. The zero-order valence-corrected chi connectivity index (χ0v) is 18.6. The van der Waals surface area contributed by atoms with Crippen molar-refractivity contribution in [3.05, 3.63) is 64.7 Å². The van der Waals surface area contributed by atoms with Crippen molar-refractivity contribution in [2.24, 2.45) is 5.92 Å². The molecule has 1 saturated heterocycles. The molecule has 1 aliphatic heterocycles. The first kappa shape index (κ1) is 21.1. The third kappa shape index (κ3) is 4.30. The number of carbonyl (C=O) groups is 1. The zero-order valence-electron chi connectivity index (χ0n) is 17.8. The van der Waals surface area contributed by atoms with Crippen molar-refractivity contribution in [2.75, 3.05) is 20.1 Å². The predicted molar refractivity (Wildman–Crippen MR) is 118 cm³/mol. The van der Waals surface area contributed by atoms with Gasteiger partial charge in [-0.1, -0.05) is 35.9 Å². The molecule has 1 fully saturated rings. The molecule has 0 spiro atoms. The molecule has 2 aromatic rings. The normalized spacial score (nSPS) is 17.7. The summed E-state index contributed by atoms with van der Waals surface area (Å²) >= 11 is 0. The summed E-state index contributed by atoms with van der Waals surface area (Å²) in [4.78, 5) is 15.0. The van der Waals surface area contributed by atoms with Crippen LogP contribution in [0.2, 0.25) is 0 Å². The standard InChI is InChI=1S/C24H30N2O3S/c1-18-6-8-19(9-7-18)17-25(2)24(27)21-12-14-26(15-13-21)30(28,29)23-11-10-20-4-3-5-22(20)16-23/h6-11,16,21H,3-5,12-15,17H2,1-2H3. The highest BCUT2D eigenvalue weighted by atomic mass is 32.2. The Kier molecular flexibility index (Phi) is 5.98. The number of carbonyl (C=O) groups excluding carboxylic acids is 1. The molecule has 0 N–H and O–H groups in total. The molecule has 0 unspecified atom stereocenters. The molecule has 1 aliphatic carbocycles. The summed E-state index contributed by atoms with van der Waals surface area (Å²) in [5.74, 6) is -0.0166. The van der Waals surface area contributed by atoms with Gasteiger partial charge in [0.1, 0.15) is 0 Å². The minimum atomic E-state index is -3.50. The van der Waals surface area contributed by atoms with Crippen molar-refractivity contribution < 1.29 is 13.2 Å². The molecule has 4 rings (SSSR count). The smallest absolute Gasteiger partial charge is 0.243 e. The number of hydrogen-bond donors (Lipinski definition) is 0. The Hall–Kier alpha value is -2.18. The molecule has 0 aromatic heterocycles. The van der Waals surface area contributed by atoms with Crippen LogP contribution in [0.25, 0.3) is 0 Å². The maximum absolute atomic E-state index is 13.1. The molecule has 2 aromatic carbocycles. The van der Waals surface area contributed by atoms with Gasteiger partial charge in [0.2, 0.25) is 15.9 Å².